The second-order valence-electron chi connectivity index (χ2n) is 6.34. The monoisotopic (exact) mass is 431 g/mol. The predicted molar refractivity (Wildman–Crippen MR) is 110 cm³/mol. The molecule has 2 N–H and O–H groups in total. The summed E-state index contributed by atoms with van der Waals surface area (Å²) >= 11 is 0. The summed E-state index contributed by atoms with van der Waals surface area (Å²) in [6.45, 7) is 0. The molecule has 10 nitrogen and oxygen atoms in total. The molecule has 2 aromatic carbocycles. The average molecular weight is 431 g/mol. The second kappa shape index (κ2) is 8.51. The van der Waals surface area contributed by atoms with E-state index in [2.05, 4.69) is 20.5 Å². The number of hydrogen-bond acceptors (Lipinski definition) is 7. The Balaban J connectivity index is 1.77. The van der Waals surface area contributed by atoms with Gasteiger partial charge in [0.05, 0.1) is 24.7 Å². The van der Waals surface area contributed by atoms with Crippen molar-refractivity contribution < 1.29 is 22.7 Å². The molecule has 1 heterocycles. The van der Waals surface area contributed by atoms with Gasteiger partial charge >= 0.3 is 0 Å². The quantitative estimate of drug-likeness (QED) is 0.586. The first-order chi connectivity index (χ1) is 14.3. The third-order valence-corrected chi connectivity index (χ3v) is 6.10. The molecular weight excluding hydrogens is 410 g/mol. The third-order valence-electron chi connectivity index (χ3n) is 4.27. The molecule has 0 aliphatic carbocycles. The molecule has 0 saturated heterocycles. The van der Waals surface area contributed by atoms with E-state index in [1.807, 2.05) is 0 Å². The number of carbonyl (C=O) groups excluding carboxylic acids is 1. The van der Waals surface area contributed by atoms with Gasteiger partial charge in [0.25, 0.3) is 5.91 Å². The van der Waals surface area contributed by atoms with Crippen molar-refractivity contribution >= 4 is 21.9 Å². The fourth-order valence-electron chi connectivity index (χ4n) is 2.60. The zero-order valence-electron chi connectivity index (χ0n) is 16.8. The summed E-state index contributed by atoms with van der Waals surface area (Å²) in [4.78, 5) is 16.8. The Bertz CT molecular complexity index is 1160. The number of benzene rings is 2. The number of anilines is 1. The van der Waals surface area contributed by atoms with E-state index in [1.54, 1.807) is 25.3 Å². The van der Waals surface area contributed by atoms with Crippen LogP contribution in [-0.2, 0) is 10.0 Å². The number of methoxy groups -OCH3 is 2. The van der Waals surface area contributed by atoms with Crippen LogP contribution in [0.25, 0.3) is 11.4 Å². The first kappa shape index (κ1) is 21.3. The summed E-state index contributed by atoms with van der Waals surface area (Å²) in [5.74, 6) is 1.15. The molecule has 3 aromatic rings. The lowest BCUT2D eigenvalue weighted by molar-refractivity contribution is 0.102. The minimum absolute atomic E-state index is 0.0675. The first-order valence-electron chi connectivity index (χ1n) is 8.75. The van der Waals surface area contributed by atoms with Gasteiger partial charge in [-0.2, -0.15) is 4.98 Å². The molecule has 0 atom stereocenters. The maximum absolute atomic E-state index is 12.5. The smallest absolute Gasteiger partial charge is 0.258 e. The zero-order chi connectivity index (χ0) is 21.9. The number of carbonyl (C=O) groups is 1. The minimum Gasteiger partial charge on any atom is -0.497 e. The van der Waals surface area contributed by atoms with Crippen molar-refractivity contribution in [3.63, 3.8) is 0 Å². The Morgan fingerprint density at radius 2 is 1.77 bits per heavy atom. The van der Waals surface area contributed by atoms with Crippen LogP contribution < -0.4 is 14.8 Å². The Labute approximate surface area is 173 Å². The van der Waals surface area contributed by atoms with Crippen molar-refractivity contribution in [3.8, 4) is 22.9 Å². The minimum atomic E-state index is -3.57. The van der Waals surface area contributed by atoms with E-state index in [0.717, 1.165) is 4.31 Å². The molecule has 0 aliphatic heterocycles. The number of H-pyrrole nitrogens is 1. The number of nitrogens with zero attached hydrogens (tertiary/aromatic N) is 3. The lowest BCUT2D eigenvalue weighted by Crippen LogP contribution is -2.22. The highest BCUT2D eigenvalue weighted by Gasteiger charge is 2.18. The van der Waals surface area contributed by atoms with E-state index in [4.69, 9.17) is 9.47 Å². The van der Waals surface area contributed by atoms with Gasteiger partial charge in [0.15, 0.2) is 5.82 Å². The Morgan fingerprint density at radius 1 is 1.07 bits per heavy atom. The van der Waals surface area contributed by atoms with Gasteiger partial charge < -0.3 is 9.47 Å². The predicted octanol–water partition coefficient (Wildman–Crippen LogP) is 1.99. The van der Waals surface area contributed by atoms with Crippen molar-refractivity contribution in [2.45, 2.75) is 4.90 Å². The molecule has 1 aromatic heterocycles. The van der Waals surface area contributed by atoms with Gasteiger partial charge in [-0.1, -0.05) is 0 Å². The molecular formula is C19H21N5O5S. The van der Waals surface area contributed by atoms with E-state index in [9.17, 15) is 13.2 Å². The third kappa shape index (κ3) is 4.26. The summed E-state index contributed by atoms with van der Waals surface area (Å²) in [6, 6.07) is 10.8. The highest BCUT2D eigenvalue weighted by Crippen LogP contribution is 2.31. The molecule has 0 spiro atoms. The number of rotatable bonds is 7. The summed E-state index contributed by atoms with van der Waals surface area (Å²) < 4.78 is 35.9. The van der Waals surface area contributed by atoms with E-state index >= 15 is 0 Å². The Morgan fingerprint density at radius 3 is 2.37 bits per heavy atom. The van der Waals surface area contributed by atoms with Crippen molar-refractivity contribution in [1.29, 1.82) is 0 Å². The van der Waals surface area contributed by atoms with Crippen molar-refractivity contribution in [3.05, 3.63) is 48.0 Å². The van der Waals surface area contributed by atoms with Crippen LogP contribution in [0.1, 0.15) is 10.4 Å². The Kier molecular flexibility index (Phi) is 6.04. The summed E-state index contributed by atoms with van der Waals surface area (Å²) in [7, 11) is 2.39. The first-order valence-corrected chi connectivity index (χ1v) is 10.2. The number of nitrogens with one attached hydrogen (secondary N) is 2. The Hall–Kier alpha value is -3.44. The zero-order valence-corrected chi connectivity index (χ0v) is 17.6. The molecule has 1 amide bonds. The lowest BCUT2D eigenvalue weighted by atomic mass is 10.2. The molecule has 11 heteroatoms. The van der Waals surface area contributed by atoms with E-state index in [-0.39, 0.29) is 16.4 Å². The second-order valence-corrected chi connectivity index (χ2v) is 8.49. The molecule has 30 heavy (non-hydrogen) atoms. The molecule has 158 valence electrons. The van der Waals surface area contributed by atoms with Gasteiger partial charge in [0, 0.05) is 25.7 Å². The number of aromatic amines is 1. The molecule has 3 rings (SSSR count). The number of sulfonamides is 1. The van der Waals surface area contributed by atoms with Gasteiger partial charge in [0.1, 0.15) is 11.5 Å². The highest BCUT2D eigenvalue weighted by molar-refractivity contribution is 7.89. The molecule has 0 radical (unpaired) electrons. The summed E-state index contributed by atoms with van der Waals surface area (Å²) in [6.07, 6.45) is 0. The van der Waals surface area contributed by atoms with Crippen LogP contribution in [0.15, 0.2) is 47.4 Å². The van der Waals surface area contributed by atoms with E-state index in [0.29, 0.717) is 22.9 Å². The van der Waals surface area contributed by atoms with Crippen LogP contribution >= 0.6 is 0 Å². The van der Waals surface area contributed by atoms with Gasteiger partial charge in [-0.15, -0.1) is 5.10 Å². The summed E-state index contributed by atoms with van der Waals surface area (Å²) in [5, 5.41) is 9.32. The molecule has 0 aliphatic rings. The normalized spacial score (nSPS) is 11.4. The van der Waals surface area contributed by atoms with Crippen LogP contribution in [0.3, 0.4) is 0 Å². The molecule has 0 unspecified atom stereocenters. The number of hydrogen-bond donors (Lipinski definition) is 2. The lowest BCUT2D eigenvalue weighted by Gasteiger charge is -2.11. The SMILES string of the molecule is COc1ccc(-c2nc(NC(=O)c3ccc(S(=O)(=O)N(C)C)cc3)n[nH]2)c(OC)c1. The van der Waals surface area contributed by atoms with Crippen LogP contribution in [0.4, 0.5) is 5.95 Å². The maximum atomic E-state index is 12.5. The maximum Gasteiger partial charge on any atom is 0.258 e. The van der Waals surface area contributed by atoms with Crippen LogP contribution in [0.5, 0.6) is 11.5 Å². The fourth-order valence-corrected chi connectivity index (χ4v) is 3.50. The number of ether oxygens (including phenoxy) is 2. The van der Waals surface area contributed by atoms with E-state index in [1.165, 1.54) is 45.5 Å². The van der Waals surface area contributed by atoms with Crippen LogP contribution in [0, 0.1) is 0 Å². The number of aromatic nitrogens is 3. The van der Waals surface area contributed by atoms with Crippen molar-refractivity contribution in [2.75, 3.05) is 33.6 Å². The largest absolute Gasteiger partial charge is 0.497 e. The van der Waals surface area contributed by atoms with Crippen LogP contribution in [0.2, 0.25) is 0 Å². The van der Waals surface area contributed by atoms with E-state index < -0.39 is 15.9 Å². The molecule has 0 bridgehead atoms. The fraction of sp³-hybridized carbons (Fsp3) is 0.211. The number of amides is 1. The average Bonchev–Trinajstić information content (AvgIpc) is 3.21. The molecule has 0 fully saturated rings. The van der Waals surface area contributed by atoms with Gasteiger partial charge in [-0.3, -0.25) is 15.2 Å². The van der Waals surface area contributed by atoms with Gasteiger partial charge in [-0.25, -0.2) is 12.7 Å². The highest BCUT2D eigenvalue weighted by atomic mass is 32.2. The van der Waals surface area contributed by atoms with Crippen molar-refractivity contribution in [1.82, 2.24) is 19.5 Å². The van der Waals surface area contributed by atoms with Gasteiger partial charge in [-0.05, 0) is 36.4 Å². The van der Waals surface area contributed by atoms with Crippen LogP contribution in [-0.4, -0.2) is 62.1 Å². The standard InChI is InChI=1S/C19H21N5O5S/c1-24(2)30(26,27)14-8-5-12(6-9-14)18(25)21-19-20-17(22-23-19)15-10-7-13(28-3)11-16(15)29-4/h5-11H,1-4H3,(H2,20,21,22,23,25). The summed E-state index contributed by atoms with van der Waals surface area (Å²) in [5.41, 5.74) is 0.908. The topological polar surface area (TPSA) is 127 Å². The molecule has 0 saturated carbocycles. The van der Waals surface area contributed by atoms with Crippen molar-refractivity contribution in [2.24, 2.45) is 0 Å². The van der Waals surface area contributed by atoms with Gasteiger partial charge in [0.2, 0.25) is 16.0 Å².